The Morgan fingerprint density at radius 1 is 1.40 bits per heavy atom. The van der Waals surface area contributed by atoms with Crippen LogP contribution in [-0.2, 0) is 6.42 Å². The Morgan fingerprint density at radius 2 is 2.07 bits per heavy atom. The number of aromatic hydroxyl groups is 1. The zero-order valence-corrected chi connectivity index (χ0v) is 9.45. The number of hydrogen-bond donors (Lipinski definition) is 1. The summed E-state index contributed by atoms with van der Waals surface area (Å²) in [5.74, 6) is -0.0321. The first kappa shape index (κ1) is 11.7. The van der Waals surface area contributed by atoms with Gasteiger partial charge in [-0.1, -0.05) is 6.07 Å². The Bertz CT molecular complexity index is 359. The van der Waals surface area contributed by atoms with Gasteiger partial charge in [-0.3, -0.25) is 4.79 Å². The van der Waals surface area contributed by atoms with E-state index < -0.39 is 0 Å². The van der Waals surface area contributed by atoms with Crippen LogP contribution in [-0.4, -0.2) is 36.4 Å². The lowest BCUT2D eigenvalue weighted by atomic mass is 10.0. The number of benzene rings is 1. The van der Waals surface area contributed by atoms with Crippen molar-refractivity contribution in [3.63, 3.8) is 0 Å². The monoisotopic (exact) mass is 207 g/mol. The molecule has 0 aliphatic heterocycles. The van der Waals surface area contributed by atoms with Crippen LogP contribution < -0.4 is 0 Å². The first-order valence-electron chi connectivity index (χ1n) is 4.98. The van der Waals surface area contributed by atoms with Crippen LogP contribution in [0.4, 0.5) is 0 Å². The van der Waals surface area contributed by atoms with E-state index in [4.69, 9.17) is 0 Å². The number of phenolic OH excluding ortho intramolecular Hbond substituents is 1. The summed E-state index contributed by atoms with van der Waals surface area (Å²) in [5, 5.41) is 9.45. The Morgan fingerprint density at radius 3 is 2.60 bits per heavy atom. The summed E-state index contributed by atoms with van der Waals surface area (Å²) in [6, 6.07) is 5.20. The molecule has 3 nitrogen and oxygen atoms in total. The maximum Gasteiger partial charge on any atom is 0.163 e. The predicted molar refractivity (Wildman–Crippen MR) is 60.4 cm³/mol. The molecule has 0 radical (unpaired) electrons. The van der Waals surface area contributed by atoms with Gasteiger partial charge in [0.15, 0.2) is 5.78 Å². The molecule has 15 heavy (non-hydrogen) atoms. The van der Waals surface area contributed by atoms with E-state index in [2.05, 4.69) is 4.90 Å². The van der Waals surface area contributed by atoms with Crippen molar-refractivity contribution in [3.05, 3.63) is 29.3 Å². The molecule has 0 saturated heterocycles. The van der Waals surface area contributed by atoms with Gasteiger partial charge in [-0.2, -0.15) is 0 Å². The zero-order chi connectivity index (χ0) is 11.4. The summed E-state index contributed by atoms with van der Waals surface area (Å²) in [6.07, 6.45) is 0.882. The van der Waals surface area contributed by atoms with E-state index in [1.807, 2.05) is 20.2 Å². The van der Waals surface area contributed by atoms with Crippen molar-refractivity contribution in [3.8, 4) is 5.75 Å². The molecule has 0 spiro atoms. The number of Topliss-reactive ketones (excluding diaryl/α,β-unsaturated/α-hetero) is 1. The van der Waals surface area contributed by atoms with Crippen LogP contribution in [0.3, 0.4) is 0 Å². The number of phenols is 1. The summed E-state index contributed by atoms with van der Waals surface area (Å²) in [5.41, 5.74) is 1.48. The van der Waals surface area contributed by atoms with Crippen molar-refractivity contribution >= 4 is 5.78 Å². The Labute approximate surface area is 90.3 Å². The maximum atomic E-state index is 11.2. The normalized spacial score (nSPS) is 10.7. The van der Waals surface area contributed by atoms with Gasteiger partial charge in [0.1, 0.15) is 5.75 Å². The van der Waals surface area contributed by atoms with Gasteiger partial charge in [0.05, 0.1) is 5.56 Å². The molecule has 0 saturated carbocycles. The van der Waals surface area contributed by atoms with Gasteiger partial charge in [0, 0.05) is 6.54 Å². The summed E-state index contributed by atoms with van der Waals surface area (Å²) in [7, 11) is 4.01. The predicted octanol–water partition coefficient (Wildman–Crippen LogP) is 1.70. The lowest BCUT2D eigenvalue weighted by Gasteiger charge is -2.10. The van der Waals surface area contributed by atoms with Gasteiger partial charge in [-0.15, -0.1) is 0 Å². The number of ketones is 1. The van der Waals surface area contributed by atoms with E-state index in [1.165, 1.54) is 6.92 Å². The van der Waals surface area contributed by atoms with Crippen LogP contribution in [0.15, 0.2) is 18.2 Å². The zero-order valence-electron chi connectivity index (χ0n) is 9.45. The Hall–Kier alpha value is -1.35. The van der Waals surface area contributed by atoms with Gasteiger partial charge in [0.25, 0.3) is 0 Å². The fraction of sp³-hybridized carbons (Fsp3) is 0.417. The smallest absolute Gasteiger partial charge is 0.163 e. The molecule has 82 valence electrons. The van der Waals surface area contributed by atoms with Crippen LogP contribution in [0.25, 0.3) is 0 Å². The van der Waals surface area contributed by atoms with Crippen molar-refractivity contribution in [1.82, 2.24) is 4.90 Å². The lowest BCUT2D eigenvalue weighted by molar-refractivity contribution is 0.101. The highest BCUT2D eigenvalue weighted by Gasteiger charge is 2.07. The van der Waals surface area contributed by atoms with Crippen molar-refractivity contribution in [2.75, 3.05) is 20.6 Å². The minimum Gasteiger partial charge on any atom is -0.507 e. The van der Waals surface area contributed by atoms with Gasteiger partial charge in [0.2, 0.25) is 0 Å². The van der Waals surface area contributed by atoms with Crippen molar-refractivity contribution < 1.29 is 9.90 Å². The number of carbonyl (C=O) groups excluding carboxylic acids is 1. The van der Waals surface area contributed by atoms with Crippen molar-refractivity contribution in [2.24, 2.45) is 0 Å². The molecule has 0 bridgehead atoms. The van der Waals surface area contributed by atoms with Crippen LogP contribution in [0.1, 0.15) is 22.8 Å². The molecule has 0 fully saturated rings. The molecular weight excluding hydrogens is 190 g/mol. The second-order valence-corrected chi connectivity index (χ2v) is 3.96. The fourth-order valence-corrected chi connectivity index (χ4v) is 1.37. The van der Waals surface area contributed by atoms with E-state index in [0.717, 1.165) is 18.5 Å². The van der Waals surface area contributed by atoms with E-state index >= 15 is 0 Å². The van der Waals surface area contributed by atoms with Gasteiger partial charge in [-0.25, -0.2) is 0 Å². The molecule has 0 atom stereocenters. The van der Waals surface area contributed by atoms with Gasteiger partial charge < -0.3 is 10.0 Å². The molecule has 0 aromatic heterocycles. The number of likely N-dealkylation sites (N-methyl/N-ethyl adjacent to an activating group) is 1. The molecule has 3 heteroatoms. The van der Waals surface area contributed by atoms with Crippen molar-refractivity contribution in [2.45, 2.75) is 13.3 Å². The SMILES string of the molecule is CC(=O)c1cc(CCN(C)C)ccc1O. The molecule has 0 aliphatic rings. The molecule has 0 unspecified atom stereocenters. The van der Waals surface area contributed by atoms with Crippen LogP contribution in [0.5, 0.6) is 5.75 Å². The number of carbonyl (C=O) groups is 1. The number of rotatable bonds is 4. The molecule has 1 aromatic rings. The summed E-state index contributed by atoms with van der Waals surface area (Å²) in [6.45, 7) is 2.40. The average molecular weight is 207 g/mol. The molecule has 1 N–H and O–H groups in total. The average Bonchev–Trinajstić information content (AvgIpc) is 2.16. The molecule has 1 aromatic carbocycles. The Kier molecular flexibility index (Phi) is 3.86. The largest absolute Gasteiger partial charge is 0.507 e. The summed E-state index contributed by atoms with van der Waals surface area (Å²) < 4.78 is 0. The summed E-state index contributed by atoms with van der Waals surface area (Å²) in [4.78, 5) is 13.3. The van der Waals surface area contributed by atoms with Crippen molar-refractivity contribution in [1.29, 1.82) is 0 Å². The fourth-order valence-electron chi connectivity index (χ4n) is 1.37. The Balaban J connectivity index is 2.83. The second kappa shape index (κ2) is 4.94. The van der Waals surface area contributed by atoms with Crippen LogP contribution >= 0.6 is 0 Å². The van der Waals surface area contributed by atoms with Gasteiger partial charge in [-0.05, 0) is 45.1 Å². The first-order valence-corrected chi connectivity index (χ1v) is 4.98. The van der Waals surface area contributed by atoms with Crippen LogP contribution in [0.2, 0.25) is 0 Å². The number of nitrogens with zero attached hydrogens (tertiary/aromatic N) is 1. The summed E-state index contributed by atoms with van der Waals surface area (Å²) >= 11 is 0. The highest BCUT2D eigenvalue weighted by atomic mass is 16.3. The highest BCUT2D eigenvalue weighted by Crippen LogP contribution is 2.19. The van der Waals surface area contributed by atoms with E-state index in [9.17, 15) is 9.90 Å². The third-order valence-corrected chi connectivity index (χ3v) is 2.29. The third kappa shape index (κ3) is 3.36. The maximum absolute atomic E-state index is 11.2. The minimum atomic E-state index is -0.0980. The highest BCUT2D eigenvalue weighted by molar-refractivity contribution is 5.96. The quantitative estimate of drug-likeness (QED) is 0.764. The third-order valence-electron chi connectivity index (χ3n) is 2.29. The minimum absolute atomic E-state index is 0.0658. The topological polar surface area (TPSA) is 40.5 Å². The second-order valence-electron chi connectivity index (χ2n) is 3.96. The standard InChI is InChI=1S/C12H17NO2/c1-9(14)11-8-10(4-5-12(11)15)6-7-13(2)3/h4-5,8,15H,6-7H2,1-3H3. The number of hydrogen-bond acceptors (Lipinski definition) is 3. The molecule has 0 amide bonds. The van der Waals surface area contributed by atoms with E-state index in [0.29, 0.717) is 5.56 Å². The molecule has 1 rings (SSSR count). The van der Waals surface area contributed by atoms with Gasteiger partial charge >= 0.3 is 0 Å². The van der Waals surface area contributed by atoms with Crippen LogP contribution in [0, 0.1) is 0 Å². The lowest BCUT2D eigenvalue weighted by Crippen LogP contribution is -2.15. The molecule has 0 aliphatic carbocycles. The van der Waals surface area contributed by atoms with E-state index in [1.54, 1.807) is 12.1 Å². The molecule has 0 heterocycles. The van der Waals surface area contributed by atoms with E-state index in [-0.39, 0.29) is 11.5 Å². The first-order chi connectivity index (χ1) is 7.00. The molecular formula is C12H17NO2.